The lowest BCUT2D eigenvalue weighted by atomic mass is 9.84. The van der Waals surface area contributed by atoms with E-state index in [1.807, 2.05) is 25.1 Å². The first-order chi connectivity index (χ1) is 10.1. The highest BCUT2D eigenvalue weighted by Gasteiger charge is 2.35. The molecule has 0 N–H and O–H groups in total. The minimum absolute atomic E-state index is 0.192. The molecule has 2 aliphatic heterocycles. The van der Waals surface area contributed by atoms with E-state index in [9.17, 15) is 4.79 Å². The summed E-state index contributed by atoms with van der Waals surface area (Å²) in [6.45, 7) is 5.05. The average Bonchev–Trinajstić information content (AvgIpc) is 2.49. The Morgan fingerprint density at radius 3 is 2.86 bits per heavy atom. The highest BCUT2D eigenvalue weighted by atomic mass is 79.9. The van der Waals surface area contributed by atoms with Crippen LogP contribution in [0.3, 0.4) is 0 Å². The Kier molecular flexibility index (Phi) is 4.36. The number of carbonyl (C=O) groups excluding carboxylic acids is 1. The van der Waals surface area contributed by atoms with E-state index in [4.69, 9.17) is 0 Å². The van der Waals surface area contributed by atoms with Gasteiger partial charge in [0.15, 0.2) is 0 Å². The Hall–Kier alpha value is -0.870. The second-order valence-electron chi connectivity index (χ2n) is 6.45. The van der Waals surface area contributed by atoms with Crippen molar-refractivity contribution in [2.45, 2.75) is 32.2 Å². The Balaban J connectivity index is 1.72. The van der Waals surface area contributed by atoms with Gasteiger partial charge in [0.1, 0.15) is 0 Å². The maximum atomic E-state index is 12.7. The molecular weight excluding hydrogens is 328 g/mol. The number of fused-ring (bicyclic) bond motifs is 1. The topological polar surface area (TPSA) is 23.6 Å². The molecule has 0 bridgehead atoms. The fourth-order valence-corrected chi connectivity index (χ4v) is 4.04. The zero-order valence-electron chi connectivity index (χ0n) is 12.8. The number of rotatable bonds is 1. The van der Waals surface area contributed by atoms with Crippen molar-refractivity contribution in [1.82, 2.24) is 9.80 Å². The fraction of sp³-hybridized carbons (Fsp3) is 0.588. The normalized spacial score (nSPS) is 26.5. The maximum absolute atomic E-state index is 12.7. The molecule has 2 heterocycles. The number of hydrogen-bond donors (Lipinski definition) is 0. The standard InChI is InChI=1S/C17H23BrN2O/c1-12-10-13(5-6-15(12)18)17(21)20-9-7-16-14(11-20)4-3-8-19(16)2/h5-6,10,14,16H,3-4,7-9,11H2,1-2H3. The van der Waals surface area contributed by atoms with Crippen molar-refractivity contribution >= 4 is 21.8 Å². The second kappa shape index (κ2) is 6.09. The monoisotopic (exact) mass is 350 g/mol. The molecule has 0 aliphatic carbocycles. The second-order valence-corrected chi connectivity index (χ2v) is 7.31. The van der Waals surface area contributed by atoms with Crippen LogP contribution in [0.15, 0.2) is 22.7 Å². The molecule has 2 atom stereocenters. The smallest absolute Gasteiger partial charge is 0.253 e. The van der Waals surface area contributed by atoms with E-state index in [0.29, 0.717) is 12.0 Å². The molecule has 0 saturated carbocycles. The van der Waals surface area contributed by atoms with Gasteiger partial charge < -0.3 is 9.80 Å². The van der Waals surface area contributed by atoms with E-state index in [-0.39, 0.29) is 5.91 Å². The number of aryl methyl sites for hydroxylation is 1. The Morgan fingerprint density at radius 1 is 1.29 bits per heavy atom. The summed E-state index contributed by atoms with van der Waals surface area (Å²) in [5, 5.41) is 0. The van der Waals surface area contributed by atoms with Crippen LogP contribution < -0.4 is 0 Å². The molecule has 2 fully saturated rings. The van der Waals surface area contributed by atoms with Crippen molar-refractivity contribution in [2.75, 3.05) is 26.7 Å². The van der Waals surface area contributed by atoms with Crippen LogP contribution in [0.5, 0.6) is 0 Å². The summed E-state index contributed by atoms with van der Waals surface area (Å²) in [6, 6.07) is 6.57. The number of halogens is 1. The van der Waals surface area contributed by atoms with E-state index in [0.717, 1.165) is 35.1 Å². The number of hydrogen-bond acceptors (Lipinski definition) is 2. The van der Waals surface area contributed by atoms with Gasteiger partial charge in [-0.1, -0.05) is 15.9 Å². The molecule has 21 heavy (non-hydrogen) atoms. The first kappa shape index (κ1) is 15.0. The highest BCUT2D eigenvalue weighted by molar-refractivity contribution is 9.10. The Bertz CT molecular complexity index is 546. The van der Waals surface area contributed by atoms with Crippen molar-refractivity contribution in [3.8, 4) is 0 Å². The van der Waals surface area contributed by atoms with Crippen LogP contribution in [-0.2, 0) is 0 Å². The molecule has 0 aromatic heterocycles. The molecule has 1 amide bonds. The molecule has 2 saturated heterocycles. The SMILES string of the molecule is Cc1cc(C(=O)N2CCC3C(CCCN3C)C2)ccc1Br. The van der Waals surface area contributed by atoms with E-state index < -0.39 is 0 Å². The minimum atomic E-state index is 0.192. The molecule has 1 aromatic carbocycles. The fourth-order valence-electron chi connectivity index (χ4n) is 3.80. The van der Waals surface area contributed by atoms with E-state index in [2.05, 4.69) is 32.8 Å². The van der Waals surface area contributed by atoms with E-state index in [1.165, 1.54) is 19.4 Å². The van der Waals surface area contributed by atoms with Gasteiger partial charge in [-0.25, -0.2) is 0 Å². The molecule has 3 nitrogen and oxygen atoms in total. The van der Waals surface area contributed by atoms with Crippen LogP contribution in [0.1, 0.15) is 35.2 Å². The summed E-state index contributed by atoms with van der Waals surface area (Å²) < 4.78 is 1.06. The average molecular weight is 351 g/mol. The summed E-state index contributed by atoms with van der Waals surface area (Å²) in [5.74, 6) is 0.843. The quantitative estimate of drug-likeness (QED) is 0.775. The number of piperidine rings is 2. The zero-order chi connectivity index (χ0) is 15.0. The van der Waals surface area contributed by atoms with Gasteiger partial charge in [0.25, 0.3) is 5.91 Å². The summed E-state index contributed by atoms with van der Waals surface area (Å²) in [4.78, 5) is 17.3. The maximum Gasteiger partial charge on any atom is 0.253 e. The molecule has 3 rings (SSSR count). The van der Waals surface area contributed by atoms with Crippen molar-refractivity contribution < 1.29 is 4.79 Å². The van der Waals surface area contributed by atoms with Gasteiger partial charge in [-0.2, -0.15) is 0 Å². The Morgan fingerprint density at radius 2 is 2.10 bits per heavy atom. The number of nitrogens with zero attached hydrogens (tertiary/aromatic N) is 2. The first-order valence-electron chi connectivity index (χ1n) is 7.82. The van der Waals surface area contributed by atoms with Crippen LogP contribution in [0, 0.1) is 12.8 Å². The highest BCUT2D eigenvalue weighted by Crippen LogP contribution is 2.30. The van der Waals surface area contributed by atoms with Crippen molar-refractivity contribution in [3.63, 3.8) is 0 Å². The van der Waals surface area contributed by atoms with Gasteiger partial charge in [0.2, 0.25) is 0 Å². The summed E-state index contributed by atoms with van der Waals surface area (Å²) >= 11 is 3.50. The van der Waals surface area contributed by atoms with Crippen LogP contribution in [0.4, 0.5) is 0 Å². The van der Waals surface area contributed by atoms with Gasteiger partial charge in [0, 0.05) is 29.2 Å². The third kappa shape index (κ3) is 3.02. The van der Waals surface area contributed by atoms with Gasteiger partial charge in [-0.15, -0.1) is 0 Å². The number of amides is 1. The van der Waals surface area contributed by atoms with Crippen molar-refractivity contribution in [1.29, 1.82) is 0 Å². The zero-order valence-corrected chi connectivity index (χ0v) is 14.4. The number of benzene rings is 1. The molecule has 4 heteroatoms. The summed E-state index contributed by atoms with van der Waals surface area (Å²) in [7, 11) is 2.23. The van der Waals surface area contributed by atoms with E-state index in [1.54, 1.807) is 0 Å². The van der Waals surface area contributed by atoms with Crippen LogP contribution in [0.25, 0.3) is 0 Å². The van der Waals surface area contributed by atoms with Crippen LogP contribution in [-0.4, -0.2) is 48.4 Å². The molecule has 2 unspecified atom stereocenters. The van der Waals surface area contributed by atoms with Gasteiger partial charge in [-0.05, 0) is 69.5 Å². The lowest BCUT2D eigenvalue weighted by molar-refractivity contribution is 0.0317. The van der Waals surface area contributed by atoms with Crippen molar-refractivity contribution in [3.05, 3.63) is 33.8 Å². The molecular formula is C17H23BrN2O. The minimum Gasteiger partial charge on any atom is -0.338 e. The van der Waals surface area contributed by atoms with Gasteiger partial charge in [0.05, 0.1) is 0 Å². The third-order valence-electron chi connectivity index (χ3n) is 5.04. The third-order valence-corrected chi connectivity index (χ3v) is 5.93. The largest absolute Gasteiger partial charge is 0.338 e. The van der Waals surface area contributed by atoms with Crippen molar-refractivity contribution in [2.24, 2.45) is 5.92 Å². The molecule has 0 radical (unpaired) electrons. The molecule has 1 aromatic rings. The Labute approximate surface area is 135 Å². The lowest BCUT2D eigenvalue weighted by Crippen LogP contribution is -2.53. The number of likely N-dealkylation sites (tertiary alicyclic amines) is 2. The number of carbonyl (C=O) groups is 1. The molecule has 0 spiro atoms. The lowest BCUT2D eigenvalue weighted by Gasteiger charge is -2.46. The van der Waals surface area contributed by atoms with Crippen LogP contribution in [0.2, 0.25) is 0 Å². The molecule has 2 aliphatic rings. The first-order valence-corrected chi connectivity index (χ1v) is 8.61. The van der Waals surface area contributed by atoms with Gasteiger partial charge >= 0.3 is 0 Å². The summed E-state index contributed by atoms with van der Waals surface area (Å²) in [6.07, 6.45) is 3.64. The predicted molar refractivity (Wildman–Crippen MR) is 88.5 cm³/mol. The van der Waals surface area contributed by atoms with Crippen LogP contribution >= 0.6 is 15.9 Å². The van der Waals surface area contributed by atoms with Gasteiger partial charge in [-0.3, -0.25) is 4.79 Å². The molecule has 114 valence electrons. The summed E-state index contributed by atoms with van der Waals surface area (Å²) in [5.41, 5.74) is 1.94. The van der Waals surface area contributed by atoms with E-state index >= 15 is 0 Å². The predicted octanol–water partition coefficient (Wildman–Crippen LogP) is 3.31.